The molecule has 3 aromatic heterocycles. The Morgan fingerprint density at radius 1 is 1.09 bits per heavy atom. The molecule has 0 saturated carbocycles. The van der Waals surface area contributed by atoms with E-state index in [-0.39, 0.29) is 5.56 Å². The summed E-state index contributed by atoms with van der Waals surface area (Å²) in [5.74, 6) is 2.59. The lowest BCUT2D eigenvalue weighted by atomic mass is 9.97. The number of aromatic nitrogens is 4. The highest BCUT2D eigenvalue weighted by Gasteiger charge is 2.21. The molecule has 0 atom stereocenters. The van der Waals surface area contributed by atoms with Gasteiger partial charge in [0.05, 0.1) is 32.5 Å². The Kier molecular flexibility index (Phi) is 5.98. The van der Waals surface area contributed by atoms with E-state index in [1.54, 1.807) is 44.8 Å². The van der Waals surface area contributed by atoms with Gasteiger partial charge in [0.15, 0.2) is 16.7 Å². The van der Waals surface area contributed by atoms with Crippen molar-refractivity contribution in [1.82, 2.24) is 20.2 Å². The molecule has 1 aliphatic rings. The zero-order chi connectivity index (χ0) is 22.9. The Labute approximate surface area is 197 Å². The molecule has 1 aliphatic carbocycles. The molecule has 0 radical (unpaired) electrons. The summed E-state index contributed by atoms with van der Waals surface area (Å²) in [7, 11) is 4.64. The van der Waals surface area contributed by atoms with Gasteiger partial charge in [-0.2, -0.15) is 0 Å². The summed E-state index contributed by atoms with van der Waals surface area (Å²) in [5.41, 5.74) is 1.74. The van der Waals surface area contributed by atoms with Crippen LogP contribution in [0.25, 0.3) is 21.7 Å². The average molecular weight is 487 g/mol. The van der Waals surface area contributed by atoms with Crippen LogP contribution in [0.4, 0.5) is 0 Å². The van der Waals surface area contributed by atoms with Crippen LogP contribution in [-0.2, 0) is 18.6 Å². The number of aromatic amines is 1. The van der Waals surface area contributed by atoms with Gasteiger partial charge in [-0.05, 0) is 43.4 Å². The zero-order valence-electron chi connectivity index (χ0n) is 18.4. The average Bonchev–Trinajstić information content (AvgIpc) is 3.46. The van der Waals surface area contributed by atoms with Crippen molar-refractivity contribution in [2.24, 2.45) is 0 Å². The summed E-state index contributed by atoms with van der Waals surface area (Å²) >= 11 is 2.98. The molecule has 172 valence electrons. The van der Waals surface area contributed by atoms with Gasteiger partial charge in [0, 0.05) is 10.4 Å². The van der Waals surface area contributed by atoms with E-state index in [2.05, 4.69) is 20.2 Å². The van der Waals surface area contributed by atoms with E-state index in [1.165, 1.54) is 28.6 Å². The van der Waals surface area contributed by atoms with Crippen molar-refractivity contribution in [3.05, 3.63) is 38.8 Å². The van der Waals surface area contributed by atoms with Crippen molar-refractivity contribution in [2.45, 2.75) is 36.6 Å². The summed E-state index contributed by atoms with van der Waals surface area (Å²) in [6.07, 6.45) is 4.28. The number of hydrogen-bond donors (Lipinski definition) is 1. The topological polar surface area (TPSA) is 112 Å². The number of thioether (sulfide) groups is 1. The van der Waals surface area contributed by atoms with Crippen LogP contribution in [0.1, 0.15) is 29.2 Å². The molecule has 0 saturated heterocycles. The van der Waals surface area contributed by atoms with E-state index in [4.69, 9.17) is 18.6 Å². The standard InChI is InChI=1S/C22H22N4O5S2/c1-28-13-8-11(9-14(29-2)18(13)30-3)20-26-25-16(31-20)10-32-22-23-19(27)17-12-6-4-5-7-15(12)33-21(17)24-22/h8-9H,4-7,10H2,1-3H3,(H,23,24,27). The second-order valence-corrected chi connectivity index (χ2v) is 9.51. The molecular weight excluding hydrogens is 464 g/mol. The third-order valence-electron chi connectivity index (χ3n) is 5.51. The van der Waals surface area contributed by atoms with Crippen LogP contribution >= 0.6 is 23.1 Å². The van der Waals surface area contributed by atoms with Crippen LogP contribution in [0, 0.1) is 0 Å². The number of benzene rings is 1. The van der Waals surface area contributed by atoms with Gasteiger partial charge in [0.1, 0.15) is 4.83 Å². The lowest BCUT2D eigenvalue weighted by molar-refractivity contribution is 0.324. The lowest BCUT2D eigenvalue weighted by Crippen LogP contribution is -2.10. The number of hydrogen-bond acceptors (Lipinski definition) is 10. The molecule has 1 aromatic carbocycles. The van der Waals surface area contributed by atoms with Gasteiger partial charge in [0.2, 0.25) is 17.5 Å². The molecule has 0 bridgehead atoms. The number of H-pyrrole nitrogens is 1. The Morgan fingerprint density at radius 2 is 1.85 bits per heavy atom. The van der Waals surface area contributed by atoms with Gasteiger partial charge in [0.25, 0.3) is 5.56 Å². The highest BCUT2D eigenvalue weighted by atomic mass is 32.2. The van der Waals surface area contributed by atoms with Gasteiger partial charge in [-0.25, -0.2) is 4.98 Å². The minimum Gasteiger partial charge on any atom is -0.493 e. The summed E-state index contributed by atoms with van der Waals surface area (Å²) in [6.45, 7) is 0. The molecule has 0 spiro atoms. The van der Waals surface area contributed by atoms with Gasteiger partial charge in [-0.1, -0.05) is 11.8 Å². The Hall–Kier alpha value is -3.05. The summed E-state index contributed by atoms with van der Waals surface area (Å²) < 4.78 is 22.0. The van der Waals surface area contributed by atoms with Crippen molar-refractivity contribution in [1.29, 1.82) is 0 Å². The maximum absolute atomic E-state index is 12.7. The van der Waals surface area contributed by atoms with Crippen molar-refractivity contribution < 1.29 is 18.6 Å². The van der Waals surface area contributed by atoms with E-state index in [1.807, 2.05) is 0 Å². The van der Waals surface area contributed by atoms with Crippen LogP contribution in [0.3, 0.4) is 0 Å². The van der Waals surface area contributed by atoms with E-state index in [0.717, 1.165) is 29.5 Å². The molecule has 1 N–H and O–H groups in total. The first-order valence-corrected chi connectivity index (χ1v) is 12.2. The Bertz CT molecular complexity index is 1350. The second kappa shape index (κ2) is 9.06. The molecule has 3 heterocycles. The molecular formula is C22H22N4O5S2. The van der Waals surface area contributed by atoms with Gasteiger partial charge in [-0.3, -0.25) is 4.79 Å². The quantitative estimate of drug-likeness (QED) is 0.303. The van der Waals surface area contributed by atoms with Gasteiger partial charge in [-0.15, -0.1) is 21.5 Å². The lowest BCUT2D eigenvalue weighted by Gasteiger charge is -2.12. The SMILES string of the molecule is COc1cc(-c2nnc(CSc3nc4sc5c(c4c(=O)[nH]3)CCCC5)o2)cc(OC)c1OC. The summed E-state index contributed by atoms with van der Waals surface area (Å²) in [6, 6.07) is 3.49. The molecule has 33 heavy (non-hydrogen) atoms. The first kappa shape index (κ1) is 21.8. The van der Waals surface area contributed by atoms with Gasteiger partial charge >= 0.3 is 0 Å². The van der Waals surface area contributed by atoms with Crippen LogP contribution in [0.15, 0.2) is 26.5 Å². The molecule has 9 nitrogen and oxygen atoms in total. The molecule has 5 rings (SSSR count). The highest BCUT2D eigenvalue weighted by Crippen LogP contribution is 2.41. The first-order chi connectivity index (χ1) is 16.1. The fourth-order valence-electron chi connectivity index (χ4n) is 3.98. The third kappa shape index (κ3) is 4.06. The largest absolute Gasteiger partial charge is 0.493 e. The van der Waals surface area contributed by atoms with Crippen molar-refractivity contribution in [2.75, 3.05) is 21.3 Å². The molecule has 0 fully saturated rings. The zero-order valence-corrected chi connectivity index (χ0v) is 20.0. The molecule has 4 aromatic rings. The second-order valence-electron chi connectivity index (χ2n) is 7.47. The van der Waals surface area contributed by atoms with E-state index < -0.39 is 0 Å². The van der Waals surface area contributed by atoms with Crippen LogP contribution in [-0.4, -0.2) is 41.5 Å². The fourth-order valence-corrected chi connectivity index (χ4v) is 5.99. The number of rotatable bonds is 7. The molecule has 0 unspecified atom stereocenters. The van der Waals surface area contributed by atoms with E-state index >= 15 is 0 Å². The monoisotopic (exact) mass is 486 g/mol. The van der Waals surface area contributed by atoms with Crippen molar-refractivity contribution in [3.63, 3.8) is 0 Å². The first-order valence-electron chi connectivity index (χ1n) is 10.4. The molecule has 11 heteroatoms. The number of ether oxygens (including phenoxy) is 3. The fraction of sp³-hybridized carbons (Fsp3) is 0.364. The maximum Gasteiger partial charge on any atom is 0.260 e. The third-order valence-corrected chi connectivity index (χ3v) is 7.56. The number of nitrogens with one attached hydrogen (secondary N) is 1. The Balaban J connectivity index is 1.37. The number of thiophene rings is 1. The summed E-state index contributed by atoms with van der Waals surface area (Å²) in [5, 5.41) is 9.57. The van der Waals surface area contributed by atoms with Crippen molar-refractivity contribution >= 4 is 33.3 Å². The summed E-state index contributed by atoms with van der Waals surface area (Å²) in [4.78, 5) is 22.4. The molecule has 0 amide bonds. The number of fused-ring (bicyclic) bond motifs is 3. The normalized spacial score (nSPS) is 13.2. The van der Waals surface area contributed by atoms with Crippen LogP contribution < -0.4 is 19.8 Å². The number of nitrogens with zero attached hydrogens (tertiary/aromatic N) is 3. The predicted molar refractivity (Wildman–Crippen MR) is 126 cm³/mol. The predicted octanol–water partition coefficient (Wildman–Crippen LogP) is 4.23. The minimum absolute atomic E-state index is 0.0782. The number of aryl methyl sites for hydroxylation is 2. The van der Waals surface area contributed by atoms with Gasteiger partial charge < -0.3 is 23.6 Å². The number of methoxy groups -OCH3 is 3. The maximum atomic E-state index is 12.7. The van der Waals surface area contributed by atoms with E-state index in [9.17, 15) is 4.79 Å². The van der Waals surface area contributed by atoms with Crippen LogP contribution in [0.5, 0.6) is 17.2 Å². The smallest absolute Gasteiger partial charge is 0.260 e. The highest BCUT2D eigenvalue weighted by molar-refractivity contribution is 7.98. The van der Waals surface area contributed by atoms with E-state index in [0.29, 0.717) is 45.5 Å². The minimum atomic E-state index is -0.0782. The molecule has 0 aliphatic heterocycles. The van der Waals surface area contributed by atoms with Crippen LogP contribution in [0.2, 0.25) is 0 Å². The van der Waals surface area contributed by atoms with Crippen molar-refractivity contribution in [3.8, 4) is 28.7 Å². The Morgan fingerprint density at radius 3 is 2.58 bits per heavy atom.